The van der Waals surface area contributed by atoms with Crippen LogP contribution in [0.3, 0.4) is 0 Å². The number of rotatable bonds is 6. The average Bonchev–Trinajstić information content (AvgIpc) is 4.02. The van der Waals surface area contributed by atoms with Crippen molar-refractivity contribution in [1.82, 2.24) is 24.1 Å². The van der Waals surface area contributed by atoms with Crippen molar-refractivity contribution in [2.45, 2.75) is 0 Å². The van der Waals surface area contributed by atoms with E-state index in [0.29, 0.717) is 17.5 Å². The van der Waals surface area contributed by atoms with Crippen LogP contribution >= 0.6 is 0 Å². The third-order valence-corrected chi connectivity index (χ3v) is 12.4. The van der Waals surface area contributed by atoms with Crippen molar-refractivity contribution in [1.29, 1.82) is 0 Å². The molecule has 0 fully saturated rings. The lowest BCUT2D eigenvalue weighted by Gasteiger charge is -2.14. The maximum absolute atomic E-state index is 7.08. The molecule has 0 amide bonds. The molecule has 13 aromatic rings. The highest BCUT2D eigenvalue weighted by Gasteiger charge is 2.24. The summed E-state index contributed by atoms with van der Waals surface area (Å²) in [6.45, 7) is 0. The van der Waals surface area contributed by atoms with Gasteiger partial charge in [-0.15, -0.1) is 0 Å². The van der Waals surface area contributed by atoms with Crippen molar-refractivity contribution in [3.63, 3.8) is 0 Å². The lowest BCUT2D eigenvalue weighted by atomic mass is 10.0. The maximum Gasteiger partial charge on any atom is 0.164 e. The molecular formula is C57H35N5O. The molecule has 0 aliphatic heterocycles. The molecule has 0 saturated carbocycles. The highest BCUT2D eigenvalue weighted by atomic mass is 16.3. The van der Waals surface area contributed by atoms with E-state index < -0.39 is 0 Å². The molecule has 0 aliphatic rings. The number of hydrogen-bond acceptors (Lipinski definition) is 4. The standard InChI is InChI=1S/C57H35N5O/c1-5-16-36(17-6-1)39-29-33-49-47(34-39)42-24-13-14-26-48(42)62(49)50-27-15-25-44-45-31-32-46-43-30-28-40(35-51(43)63-54(46)53(45)61(52(44)50)41-22-11-4-12-23-41)57-59-55(37-18-7-2-8-19-37)58-56(60-57)38-20-9-3-10-21-38/h1-35H. The van der Waals surface area contributed by atoms with E-state index in [1.807, 2.05) is 60.7 Å². The van der Waals surface area contributed by atoms with Crippen LogP contribution in [0.2, 0.25) is 0 Å². The fourth-order valence-corrected chi connectivity index (χ4v) is 9.50. The van der Waals surface area contributed by atoms with Gasteiger partial charge >= 0.3 is 0 Å². The van der Waals surface area contributed by atoms with Gasteiger partial charge in [-0.2, -0.15) is 0 Å². The predicted molar refractivity (Wildman–Crippen MR) is 258 cm³/mol. The molecule has 13 rings (SSSR count). The third-order valence-electron chi connectivity index (χ3n) is 12.4. The first-order valence-corrected chi connectivity index (χ1v) is 21.2. The number of furan rings is 1. The molecule has 0 atom stereocenters. The van der Waals surface area contributed by atoms with E-state index in [1.54, 1.807) is 0 Å². The van der Waals surface area contributed by atoms with Gasteiger partial charge in [-0.25, -0.2) is 15.0 Å². The molecule has 0 radical (unpaired) electrons. The fourth-order valence-electron chi connectivity index (χ4n) is 9.50. The summed E-state index contributed by atoms with van der Waals surface area (Å²) in [5.41, 5.74) is 13.3. The largest absolute Gasteiger partial charge is 0.454 e. The van der Waals surface area contributed by atoms with Crippen molar-refractivity contribution in [3.05, 3.63) is 212 Å². The molecule has 6 heteroatoms. The van der Waals surface area contributed by atoms with Crippen LogP contribution in [-0.2, 0) is 0 Å². The lowest BCUT2D eigenvalue weighted by Crippen LogP contribution is -2.00. The van der Waals surface area contributed by atoms with Gasteiger partial charge in [-0.1, -0.05) is 158 Å². The molecule has 4 heterocycles. The van der Waals surface area contributed by atoms with Crippen LogP contribution < -0.4 is 0 Å². The minimum Gasteiger partial charge on any atom is -0.454 e. The number of aromatic nitrogens is 5. The Hall–Kier alpha value is -8.61. The number of fused-ring (bicyclic) bond motifs is 10. The summed E-state index contributed by atoms with van der Waals surface area (Å²) in [5, 5.41) is 6.76. The molecule has 9 aromatic carbocycles. The van der Waals surface area contributed by atoms with Crippen LogP contribution in [0.15, 0.2) is 217 Å². The van der Waals surface area contributed by atoms with Crippen LogP contribution in [0.4, 0.5) is 0 Å². The van der Waals surface area contributed by atoms with Crippen molar-refractivity contribution >= 4 is 65.6 Å². The van der Waals surface area contributed by atoms with Gasteiger partial charge in [0.1, 0.15) is 5.58 Å². The van der Waals surface area contributed by atoms with Crippen LogP contribution in [0.1, 0.15) is 0 Å². The van der Waals surface area contributed by atoms with E-state index in [0.717, 1.165) is 82.8 Å². The molecule has 0 saturated heterocycles. The number of benzene rings is 9. The smallest absolute Gasteiger partial charge is 0.164 e. The lowest BCUT2D eigenvalue weighted by molar-refractivity contribution is 0.671. The maximum atomic E-state index is 7.08. The summed E-state index contributed by atoms with van der Waals surface area (Å²) in [6, 6.07) is 74.5. The summed E-state index contributed by atoms with van der Waals surface area (Å²) < 4.78 is 11.9. The Bertz CT molecular complexity index is 3830. The second-order valence-electron chi connectivity index (χ2n) is 16.0. The zero-order chi connectivity index (χ0) is 41.4. The molecular weight excluding hydrogens is 771 g/mol. The van der Waals surface area contributed by atoms with Gasteiger partial charge in [0.15, 0.2) is 23.1 Å². The predicted octanol–water partition coefficient (Wildman–Crippen LogP) is 14.6. The molecule has 0 bridgehead atoms. The molecule has 0 N–H and O–H groups in total. The molecule has 294 valence electrons. The van der Waals surface area contributed by atoms with Crippen molar-refractivity contribution in [2.75, 3.05) is 0 Å². The first kappa shape index (κ1) is 35.2. The summed E-state index contributed by atoms with van der Waals surface area (Å²) in [7, 11) is 0. The topological polar surface area (TPSA) is 61.7 Å². The summed E-state index contributed by atoms with van der Waals surface area (Å²) in [5.74, 6) is 1.82. The monoisotopic (exact) mass is 805 g/mol. The Labute approximate surface area is 361 Å². The number of hydrogen-bond donors (Lipinski definition) is 0. The molecule has 0 spiro atoms. The highest BCUT2D eigenvalue weighted by Crippen LogP contribution is 2.44. The van der Waals surface area contributed by atoms with Gasteiger partial charge in [0.25, 0.3) is 0 Å². The zero-order valence-electron chi connectivity index (χ0n) is 33.9. The zero-order valence-corrected chi connectivity index (χ0v) is 33.9. The molecule has 0 unspecified atom stereocenters. The SMILES string of the molecule is c1ccc(-c2ccc3c(c2)c2ccccc2n3-c2cccc3c4ccc5c6ccc(-c7nc(-c8ccccc8)nc(-c8ccccc8)n7)cc6oc5c4n(-c4ccccc4)c23)cc1. The van der Waals surface area contributed by atoms with Crippen LogP contribution in [-0.4, -0.2) is 24.1 Å². The highest BCUT2D eigenvalue weighted by molar-refractivity contribution is 6.23. The number of para-hydroxylation sites is 3. The van der Waals surface area contributed by atoms with Gasteiger partial charge in [-0.05, 0) is 65.7 Å². The molecule has 4 aromatic heterocycles. The molecule has 63 heavy (non-hydrogen) atoms. The van der Waals surface area contributed by atoms with Gasteiger partial charge in [0.2, 0.25) is 0 Å². The van der Waals surface area contributed by atoms with E-state index in [-0.39, 0.29) is 0 Å². The van der Waals surface area contributed by atoms with Crippen LogP contribution in [0.5, 0.6) is 0 Å². The van der Waals surface area contributed by atoms with Crippen LogP contribution in [0.25, 0.3) is 122 Å². The second kappa shape index (κ2) is 14.0. The van der Waals surface area contributed by atoms with Crippen molar-refractivity contribution in [3.8, 4) is 56.7 Å². The quantitative estimate of drug-likeness (QED) is 0.168. The molecule has 0 aliphatic carbocycles. The third kappa shape index (κ3) is 5.55. The summed E-state index contributed by atoms with van der Waals surface area (Å²) in [4.78, 5) is 15.0. The van der Waals surface area contributed by atoms with E-state index in [4.69, 9.17) is 19.4 Å². The summed E-state index contributed by atoms with van der Waals surface area (Å²) in [6.07, 6.45) is 0. The minimum absolute atomic E-state index is 0.584. The van der Waals surface area contributed by atoms with Crippen molar-refractivity contribution in [2.24, 2.45) is 0 Å². The fraction of sp³-hybridized carbons (Fsp3) is 0. The van der Waals surface area contributed by atoms with E-state index in [1.165, 1.54) is 21.9 Å². The Morgan fingerprint density at radius 1 is 0.317 bits per heavy atom. The first-order valence-electron chi connectivity index (χ1n) is 21.2. The normalized spacial score (nSPS) is 11.8. The van der Waals surface area contributed by atoms with Gasteiger partial charge in [-0.3, -0.25) is 0 Å². The van der Waals surface area contributed by atoms with Gasteiger partial charge < -0.3 is 13.6 Å². The summed E-state index contributed by atoms with van der Waals surface area (Å²) >= 11 is 0. The average molecular weight is 806 g/mol. The van der Waals surface area contributed by atoms with Crippen molar-refractivity contribution < 1.29 is 4.42 Å². The number of nitrogens with zero attached hydrogens (tertiary/aromatic N) is 5. The van der Waals surface area contributed by atoms with Crippen LogP contribution in [0, 0.1) is 0 Å². The Balaban J connectivity index is 1.06. The second-order valence-corrected chi connectivity index (χ2v) is 16.0. The Kier molecular flexibility index (Phi) is 7.80. The first-order chi connectivity index (χ1) is 31.2. The molecule has 6 nitrogen and oxygen atoms in total. The van der Waals surface area contributed by atoms with Gasteiger partial charge in [0.05, 0.1) is 27.8 Å². The Morgan fingerprint density at radius 2 is 0.857 bits per heavy atom. The van der Waals surface area contributed by atoms with Gasteiger partial charge in [0, 0.05) is 54.7 Å². The Morgan fingerprint density at radius 3 is 1.57 bits per heavy atom. The van der Waals surface area contributed by atoms with E-state index >= 15 is 0 Å². The minimum atomic E-state index is 0.584. The van der Waals surface area contributed by atoms with E-state index in [9.17, 15) is 0 Å². The van der Waals surface area contributed by atoms with E-state index in [2.05, 4.69) is 161 Å².